The summed E-state index contributed by atoms with van der Waals surface area (Å²) in [6, 6.07) is 0. The largest absolute Gasteiger partial charge is 0.462 e. The van der Waals surface area contributed by atoms with E-state index in [1.165, 1.54) is 15.8 Å². The van der Waals surface area contributed by atoms with E-state index in [2.05, 4.69) is 4.98 Å². The summed E-state index contributed by atoms with van der Waals surface area (Å²) >= 11 is 1.13. The van der Waals surface area contributed by atoms with Crippen molar-refractivity contribution in [3.8, 4) is 0 Å². The van der Waals surface area contributed by atoms with Crippen LogP contribution in [0.25, 0.3) is 10.2 Å². The Morgan fingerprint density at radius 1 is 1.41 bits per heavy atom. The molecule has 0 radical (unpaired) electrons. The van der Waals surface area contributed by atoms with Crippen molar-refractivity contribution >= 4 is 33.4 Å². The Hall–Kier alpha value is -2.22. The number of fused-ring (bicyclic) bond motifs is 1. The van der Waals surface area contributed by atoms with Gasteiger partial charge in [-0.2, -0.15) is 0 Å². The molecule has 0 bridgehead atoms. The summed E-state index contributed by atoms with van der Waals surface area (Å²) < 4.78 is 6.23. The first kappa shape index (κ1) is 16.2. The first-order valence-corrected chi connectivity index (χ1v) is 7.54. The lowest BCUT2D eigenvalue weighted by atomic mass is 10.2. The minimum Gasteiger partial charge on any atom is -0.462 e. The van der Waals surface area contributed by atoms with E-state index in [4.69, 9.17) is 4.74 Å². The van der Waals surface area contributed by atoms with Gasteiger partial charge >= 0.3 is 5.97 Å². The van der Waals surface area contributed by atoms with Gasteiger partial charge in [0.25, 0.3) is 5.56 Å². The highest BCUT2D eigenvalue weighted by Crippen LogP contribution is 2.27. The third-order valence-electron chi connectivity index (χ3n) is 3.18. The average molecular weight is 323 g/mol. The van der Waals surface area contributed by atoms with E-state index >= 15 is 0 Å². The van der Waals surface area contributed by atoms with Gasteiger partial charge in [-0.05, 0) is 19.4 Å². The number of rotatable bonds is 4. The van der Waals surface area contributed by atoms with Crippen LogP contribution in [-0.2, 0) is 16.1 Å². The first-order chi connectivity index (χ1) is 10.4. The predicted molar refractivity (Wildman–Crippen MR) is 83.3 cm³/mol. The molecule has 0 fully saturated rings. The Labute approximate surface area is 131 Å². The molecule has 7 nitrogen and oxygen atoms in total. The number of thiophene rings is 1. The number of carbonyl (C=O) groups is 2. The third-order valence-corrected chi connectivity index (χ3v) is 4.36. The van der Waals surface area contributed by atoms with Crippen molar-refractivity contribution in [2.45, 2.75) is 20.4 Å². The Balaban J connectivity index is 2.52. The molecule has 0 atom stereocenters. The summed E-state index contributed by atoms with van der Waals surface area (Å²) in [5.41, 5.74) is 0.215. The SMILES string of the molecule is CCOC(=O)c1sc2ncn(CC(=O)N(C)C)c(=O)c2c1C. The minimum atomic E-state index is -0.460. The van der Waals surface area contributed by atoms with Crippen molar-refractivity contribution < 1.29 is 14.3 Å². The van der Waals surface area contributed by atoms with E-state index in [1.807, 2.05) is 0 Å². The van der Waals surface area contributed by atoms with Crippen molar-refractivity contribution in [3.05, 3.63) is 27.1 Å². The molecule has 0 unspecified atom stereocenters. The molecule has 0 spiro atoms. The highest BCUT2D eigenvalue weighted by molar-refractivity contribution is 7.20. The zero-order valence-electron chi connectivity index (χ0n) is 12.9. The number of likely N-dealkylation sites (N-methyl/N-ethyl adjacent to an activating group) is 1. The molecule has 22 heavy (non-hydrogen) atoms. The second-order valence-corrected chi connectivity index (χ2v) is 5.92. The molecule has 0 aliphatic rings. The van der Waals surface area contributed by atoms with Gasteiger partial charge in [0, 0.05) is 14.1 Å². The Morgan fingerprint density at radius 3 is 2.68 bits per heavy atom. The first-order valence-electron chi connectivity index (χ1n) is 6.72. The lowest BCUT2D eigenvalue weighted by molar-refractivity contribution is -0.129. The standard InChI is InChI=1S/C14H17N3O4S/c1-5-21-14(20)11-8(2)10-12(22-11)15-7-17(13(10)19)6-9(18)16(3)4/h7H,5-6H2,1-4H3. The molecule has 0 saturated carbocycles. The van der Waals surface area contributed by atoms with Crippen LogP contribution in [0.2, 0.25) is 0 Å². The molecule has 0 saturated heterocycles. The summed E-state index contributed by atoms with van der Waals surface area (Å²) in [5, 5.41) is 0.363. The quantitative estimate of drug-likeness (QED) is 0.785. The van der Waals surface area contributed by atoms with E-state index in [0.29, 0.717) is 20.7 Å². The summed E-state index contributed by atoms with van der Waals surface area (Å²) in [5.74, 6) is -0.667. The molecule has 0 aliphatic carbocycles. The van der Waals surface area contributed by atoms with Crippen molar-refractivity contribution in [2.75, 3.05) is 20.7 Å². The van der Waals surface area contributed by atoms with Crippen LogP contribution in [0.3, 0.4) is 0 Å². The van der Waals surface area contributed by atoms with Gasteiger partial charge in [-0.1, -0.05) is 0 Å². The fraction of sp³-hybridized carbons (Fsp3) is 0.429. The molecule has 118 valence electrons. The van der Waals surface area contributed by atoms with Crippen LogP contribution >= 0.6 is 11.3 Å². The second kappa shape index (κ2) is 6.27. The summed E-state index contributed by atoms with van der Waals surface area (Å²) in [4.78, 5) is 42.6. The molecule has 0 aromatic carbocycles. The van der Waals surface area contributed by atoms with Crippen molar-refractivity contribution in [3.63, 3.8) is 0 Å². The number of esters is 1. The summed E-state index contributed by atoms with van der Waals surface area (Å²) in [6.45, 7) is 3.59. The van der Waals surface area contributed by atoms with Gasteiger partial charge < -0.3 is 9.64 Å². The van der Waals surface area contributed by atoms with Crippen molar-refractivity contribution in [1.82, 2.24) is 14.5 Å². The van der Waals surface area contributed by atoms with E-state index in [1.54, 1.807) is 27.9 Å². The number of nitrogens with zero attached hydrogens (tertiary/aromatic N) is 3. The van der Waals surface area contributed by atoms with Gasteiger partial charge in [0.2, 0.25) is 5.91 Å². The average Bonchev–Trinajstić information content (AvgIpc) is 2.80. The topological polar surface area (TPSA) is 81.5 Å². The van der Waals surface area contributed by atoms with Crippen LogP contribution in [0.1, 0.15) is 22.2 Å². The fourth-order valence-electron chi connectivity index (χ4n) is 1.95. The summed E-state index contributed by atoms with van der Waals surface area (Å²) in [6.07, 6.45) is 1.33. The smallest absolute Gasteiger partial charge is 0.348 e. The van der Waals surface area contributed by atoms with Gasteiger partial charge in [-0.15, -0.1) is 11.3 Å². The third kappa shape index (κ3) is 2.87. The maximum absolute atomic E-state index is 12.5. The van der Waals surface area contributed by atoms with Crippen LogP contribution in [0.15, 0.2) is 11.1 Å². The van der Waals surface area contributed by atoms with Crippen LogP contribution in [0.5, 0.6) is 0 Å². The number of amides is 1. The number of hydrogen-bond acceptors (Lipinski definition) is 6. The van der Waals surface area contributed by atoms with E-state index in [9.17, 15) is 14.4 Å². The fourth-order valence-corrected chi connectivity index (χ4v) is 2.98. The van der Waals surface area contributed by atoms with Crippen molar-refractivity contribution in [2.24, 2.45) is 0 Å². The lowest BCUT2D eigenvalue weighted by Gasteiger charge is -2.11. The van der Waals surface area contributed by atoms with E-state index in [0.717, 1.165) is 11.3 Å². The van der Waals surface area contributed by atoms with Gasteiger partial charge in [0.15, 0.2) is 0 Å². The molecule has 2 heterocycles. The molecule has 2 aromatic rings. The van der Waals surface area contributed by atoms with Gasteiger partial charge in [0.1, 0.15) is 16.3 Å². The zero-order chi connectivity index (χ0) is 16.4. The predicted octanol–water partition coefficient (Wildman–Crippen LogP) is 1.03. The molecule has 2 rings (SSSR count). The maximum Gasteiger partial charge on any atom is 0.348 e. The van der Waals surface area contributed by atoms with E-state index < -0.39 is 5.97 Å². The van der Waals surface area contributed by atoms with Crippen LogP contribution in [0.4, 0.5) is 0 Å². The Kier molecular flexibility index (Phi) is 4.60. The highest BCUT2D eigenvalue weighted by atomic mass is 32.1. The maximum atomic E-state index is 12.5. The summed E-state index contributed by atoms with van der Waals surface area (Å²) in [7, 11) is 3.24. The van der Waals surface area contributed by atoms with Gasteiger partial charge in [-0.3, -0.25) is 14.2 Å². The molecular formula is C14H17N3O4S. The molecule has 8 heteroatoms. The minimum absolute atomic E-state index is 0.0845. The highest BCUT2D eigenvalue weighted by Gasteiger charge is 2.20. The molecular weight excluding hydrogens is 306 g/mol. The molecule has 2 aromatic heterocycles. The monoisotopic (exact) mass is 323 g/mol. The number of aromatic nitrogens is 2. The van der Waals surface area contributed by atoms with Gasteiger partial charge in [0.05, 0.1) is 18.3 Å². The Morgan fingerprint density at radius 2 is 2.09 bits per heavy atom. The lowest BCUT2D eigenvalue weighted by Crippen LogP contribution is -2.31. The van der Waals surface area contributed by atoms with Crippen molar-refractivity contribution in [1.29, 1.82) is 0 Å². The van der Waals surface area contributed by atoms with Crippen LogP contribution in [-0.4, -0.2) is 47.0 Å². The number of hydrogen-bond donors (Lipinski definition) is 0. The molecule has 0 N–H and O–H groups in total. The van der Waals surface area contributed by atoms with Crippen LogP contribution in [0, 0.1) is 6.92 Å². The molecule has 1 amide bonds. The number of carbonyl (C=O) groups excluding carboxylic acids is 2. The normalized spacial score (nSPS) is 10.7. The zero-order valence-corrected chi connectivity index (χ0v) is 13.7. The van der Waals surface area contributed by atoms with Gasteiger partial charge in [-0.25, -0.2) is 9.78 Å². The second-order valence-electron chi connectivity index (χ2n) is 4.92. The molecule has 0 aliphatic heterocycles. The van der Waals surface area contributed by atoms with E-state index in [-0.39, 0.29) is 24.6 Å². The van der Waals surface area contributed by atoms with Crippen LogP contribution < -0.4 is 5.56 Å². The number of aryl methyl sites for hydroxylation is 1. The Bertz CT molecular complexity index is 791. The number of ether oxygens (including phenoxy) is 1.